The molecule has 90 valence electrons. The second-order valence-corrected chi connectivity index (χ2v) is 4.56. The summed E-state index contributed by atoms with van der Waals surface area (Å²) in [5, 5.41) is 5.62. The first-order valence-electron chi connectivity index (χ1n) is 4.71. The van der Waals surface area contributed by atoms with Gasteiger partial charge in [0, 0.05) is 18.9 Å². The van der Waals surface area contributed by atoms with E-state index in [-0.39, 0.29) is 30.5 Å². The maximum Gasteiger partial charge on any atom is 0.227 e. The first kappa shape index (κ1) is 12.8. The maximum atomic E-state index is 11.3. The molecule has 2 unspecified atom stereocenters. The van der Waals surface area contributed by atoms with Crippen LogP contribution in [0.1, 0.15) is 12.8 Å². The van der Waals surface area contributed by atoms with Crippen molar-refractivity contribution in [3.05, 3.63) is 0 Å². The van der Waals surface area contributed by atoms with Gasteiger partial charge in [-0.3, -0.25) is 19.7 Å². The van der Waals surface area contributed by atoms with Gasteiger partial charge >= 0.3 is 0 Å². The first-order valence-corrected chi connectivity index (χ1v) is 5.76. The summed E-state index contributed by atoms with van der Waals surface area (Å²) in [4.78, 5) is 32.6. The van der Waals surface area contributed by atoms with Crippen molar-refractivity contribution in [3.8, 4) is 0 Å². The van der Waals surface area contributed by atoms with Crippen LogP contribution < -0.4 is 22.1 Å². The highest BCUT2D eigenvalue weighted by Gasteiger charge is 2.27. The third-order valence-electron chi connectivity index (χ3n) is 1.95. The van der Waals surface area contributed by atoms with Gasteiger partial charge < -0.3 is 16.8 Å². The van der Waals surface area contributed by atoms with E-state index >= 15 is 0 Å². The number of hydrogen-bond acceptors (Lipinski definition) is 5. The smallest absolute Gasteiger partial charge is 0.227 e. The highest BCUT2D eigenvalue weighted by Crippen LogP contribution is 2.13. The molecule has 7 nitrogen and oxygen atoms in total. The van der Waals surface area contributed by atoms with Crippen molar-refractivity contribution in [2.45, 2.75) is 24.4 Å². The second-order valence-electron chi connectivity index (χ2n) is 3.46. The number of carbonyl (C=O) groups is 3. The summed E-state index contributed by atoms with van der Waals surface area (Å²) < 4.78 is 0. The molecule has 0 aliphatic carbocycles. The monoisotopic (exact) mass is 246 g/mol. The Labute approximate surface area is 96.7 Å². The van der Waals surface area contributed by atoms with E-state index in [1.807, 2.05) is 0 Å². The number of hydrogen-bond donors (Lipinski definition) is 4. The zero-order valence-corrected chi connectivity index (χ0v) is 9.38. The lowest BCUT2D eigenvalue weighted by Gasteiger charge is -2.30. The third kappa shape index (κ3) is 4.49. The Bertz CT molecular complexity index is 308. The minimum Gasteiger partial charge on any atom is -0.370 e. The van der Waals surface area contributed by atoms with Crippen molar-refractivity contribution in [2.75, 3.05) is 5.75 Å². The average Bonchev–Trinajstić information content (AvgIpc) is 2.12. The first-order chi connectivity index (χ1) is 7.47. The van der Waals surface area contributed by atoms with Crippen LogP contribution in [0, 0.1) is 0 Å². The molecule has 0 aromatic rings. The van der Waals surface area contributed by atoms with Gasteiger partial charge in [-0.25, -0.2) is 0 Å². The van der Waals surface area contributed by atoms with Gasteiger partial charge in [-0.1, -0.05) is 0 Å². The summed E-state index contributed by atoms with van der Waals surface area (Å²) in [6.07, 6.45) is 0.303. The lowest BCUT2D eigenvalue weighted by Crippen LogP contribution is -2.55. The predicted octanol–water partition coefficient (Wildman–Crippen LogP) is -2.16. The minimum atomic E-state index is -0.467. The molecule has 1 aliphatic rings. The van der Waals surface area contributed by atoms with Crippen molar-refractivity contribution >= 4 is 29.5 Å². The molecule has 0 bridgehead atoms. The van der Waals surface area contributed by atoms with Gasteiger partial charge in [-0.15, -0.1) is 11.8 Å². The van der Waals surface area contributed by atoms with E-state index in [4.69, 9.17) is 11.5 Å². The number of nitrogens with one attached hydrogen (secondary N) is 2. The van der Waals surface area contributed by atoms with E-state index in [0.29, 0.717) is 0 Å². The van der Waals surface area contributed by atoms with Crippen LogP contribution in [0.5, 0.6) is 0 Å². The molecule has 8 heteroatoms. The summed E-state index contributed by atoms with van der Waals surface area (Å²) in [6, 6.07) is -0.281. The van der Waals surface area contributed by atoms with Crippen molar-refractivity contribution in [3.63, 3.8) is 0 Å². The van der Waals surface area contributed by atoms with Crippen LogP contribution in [0.3, 0.4) is 0 Å². The summed E-state index contributed by atoms with van der Waals surface area (Å²) in [5.41, 5.74) is 9.63. The summed E-state index contributed by atoms with van der Waals surface area (Å²) in [6.45, 7) is 0. The molecule has 1 saturated heterocycles. The average molecular weight is 246 g/mol. The molecule has 1 aliphatic heterocycles. The number of carbonyl (C=O) groups excluding carboxylic acids is 3. The minimum absolute atomic E-state index is 0.0983. The fraction of sp³-hybridized carbons (Fsp3) is 0.625. The normalized spacial score (nSPS) is 24.9. The van der Waals surface area contributed by atoms with Crippen LogP contribution in [-0.4, -0.2) is 35.0 Å². The molecule has 0 aromatic carbocycles. The predicted molar refractivity (Wildman–Crippen MR) is 58.9 cm³/mol. The van der Waals surface area contributed by atoms with Gasteiger partial charge in [0.15, 0.2) is 0 Å². The Morgan fingerprint density at radius 3 is 2.62 bits per heavy atom. The van der Waals surface area contributed by atoms with E-state index in [1.165, 1.54) is 11.8 Å². The Kier molecular flexibility index (Phi) is 4.56. The molecular weight excluding hydrogens is 232 g/mol. The Morgan fingerprint density at radius 2 is 2.06 bits per heavy atom. The van der Waals surface area contributed by atoms with E-state index < -0.39 is 17.3 Å². The molecule has 0 spiro atoms. The molecule has 2 atom stereocenters. The molecule has 1 rings (SSSR count). The maximum absolute atomic E-state index is 11.3. The number of thioether (sulfide) groups is 1. The van der Waals surface area contributed by atoms with E-state index in [9.17, 15) is 14.4 Å². The van der Waals surface area contributed by atoms with Gasteiger partial charge in [0.1, 0.15) is 5.50 Å². The molecule has 16 heavy (non-hydrogen) atoms. The van der Waals surface area contributed by atoms with Crippen LogP contribution >= 0.6 is 11.8 Å². The molecule has 1 heterocycles. The Morgan fingerprint density at radius 1 is 1.38 bits per heavy atom. The molecule has 3 amide bonds. The standard InChI is InChI=1S/C8H14N4O3S/c9-5(13)1-4-2-7(15)12-8(11-4)16-3-6(10)14/h4,8,11H,1-3H2,(H2,9,13)(H2,10,14)(H,12,15). The molecule has 0 radical (unpaired) electrons. The largest absolute Gasteiger partial charge is 0.370 e. The number of primary amides is 2. The highest BCUT2D eigenvalue weighted by molar-refractivity contribution is 8.00. The number of nitrogens with two attached hydrogens (primary N) is 2. The summed E-state index contributed by atoms with van der Waals surface area (Å²) in [5.74, 6) is -1.00. The highest BCUT2D eigenvalue weighted by atomic mass is 32.2. The summed E-state index contributed by atoms with van der Waals surface area (Å²) in [7, 11) is 0. The fourth-order valence-electron chi connectivity index (χ4n) is 1.37. The Hall–Kier alpha value is -1.28. The van der Waals surface area contributed by atoms with Crippen LogP contribution in [-0.2, 0) is 14.4 Å². The quantitative estimate of drug-likeness (QED) is 0.439. The molecule has 0 aromatic heterocycles. The van der Waals surface area contributed by atoms with Gasteiger partial charge in [0.25, 0.3) is 0 Å². The zero-order valence-electron chi connectivity index (χ0n) is 8.56. The molecule has 0 saturated carbocycles. The zero-order chi connectivity index (χ0) is 12.1. The molecule has 6 N–H and O–H groups in total. The van der Waals surface area contributed by atoms with Gasteiger partial charge in [-0.05, 0) is 0 Å². The van der Waals surface area contributed by atoms with Crippen LogP contribution in [0.15, 0.2) is 0 Å². The summed E-state index contributed by atoms with van der Waals surface area (Å²) >= 11 is 1.17. The molecular formula is C8H14N4O3S. The van der Waals surface area contributed by atoms with E-state index in [1.54, 1.807) is 0 Å². The van der Waals surface area contributed by atoms with E-state index in [2.05, 4.69) is 10.6 Å². The number of amides is 3. The fourth-order valence-corrected chi connectivity index (χ4v) is 2.21. The lowest BCUT2D eigenvalue weighted by molar-refractivity contribution is -0.124. The molecule has 1 fully saturated rings. The topological polar surface area (TPSA) is 127 Å². The number of rotatable bonds is 5. The van der Waals surface area contributed by atoms with Crippen molar-refractivity contribution in [1.82, 2.24) is 10.6 Å². The van der Waals surface area contributed by atoms with Gasteiger partial charge in [-0.2, -0.15) is 0 Å². The van der Waals surface area contributed by atoms with Gasteiger partial charge in [0.2, 0.25) is 17.7 Å². The van der Waals surface area contributed by atoms with Crippen molar-refractivity contribution in [1.29, 1.82) is 0 Å². The van der Waals surface area contributed by atoms with Crippen molar-refractivity contribution in [2.24, 2.45) is 11.5 Å². The van der Waals surface area contributed by atoms with Crippen LogP contribution in [0.4, 0.5) is 0 Å². The van der Waals surface area contributed by atoms with Crippen LogP contribution in [0.2, 0.25) is 0 Å². The van der Waals surface area contributed by atoms with Gasteiger partial charge in [0.05, 0.1) is 5.75 Å². The Balaban J connectivity index is 2.44. The van der Waals surface area contributed by atoms with E-state index in [0.717, 1.165) is 0 Å². The SMILES string of the molecule is NC(=O)CSC1NC(=O)CC(CC(N)=O)N1. The lowest BCUT2D eigenvalue weighted by atomic mass is 10.1. The van der Waals surface area contributed by atoms with Crippen molar-refractivity contribution < 1.29 is 14.4 Å². The van der Waals surface area contributed by atoms with Crippen LogP contribution in [0.25, 0.3) is 0 Å². The second kappa shape index (κ2) is 5.71. The third-order valence-corrected chi connectivity index (χ3v) is 2.99.